The molecule has 0 unspecified atom stereocenters. The molecular formula is C31H39N3O5S. The van der Waals surface area contributed by atoms with Crippen LogP contribution in [0.25, 0.3) is 0 Å². The summed E-state index contributed by atoms with van der Waals surface area (Å²) in [5, 5.41) is 2.89. The van der Waals surface area contributed by atoms with E-state index in [0.717, 1.165) is 21.0 Å². The molecule has 0 radical (unpaired) electrons. The van der Waals surface area contributed by atoms with E-state index < -0.39 is 28.5 Å². The summed E-state index contributed by atoms with van der Waals surface area (Å²) < 4.78 is 34.1. The van der Waals surface area contributed by atoms with E-state index in [-0.39, 0.29) is 23.3 Å². The maximum absolute atomic E-state index is 14.0. The fourth-order valence-electron chi connectivity index (χ4n) is 4.09. The number of carbonyl (C=O) groups excluding carboxylic acids is 2. The van der Waals surface area contributed by atoms with Gasteiger partial charge in [-0.25, -0.2) is 8.42 Å². The van der Waals surface area contributed by atoms with E-state index in [0.29, 0.717) is 18.0 Å². The Labute approximate surface area is 238 Å². The summed E-state index contributed by atoms with van der Waals surface area (Å²) in [6.07, 6.45) is 0. The summed E-state index contributed by atoms with van der Waals surface area (Å²) >= 11 is 0. The van der Waals surface area contributed by atoms with Crippen LogP contribution >= 0.6 is 0 Å². The number of nitrogens with zero attached hydrogens (tertiary/aromatic N) is 2. The molecule has 2 amide bonds. The highest BCUT2D eigenvalue weighted by Gasteiger charge is 2.32. The van der Waals surface area contributed by atoms with E-state index in [1.54, 1.807) is 56.5 Å². The second-order valence-corrected chi connectivity index (χ2v) is 12.1. The summed E-state index contributed by atoms with van der Waals surface area (Å²) in [5.74, 6) is 0.0948. The third kappa shape index (κ3) is 7.63. The minimum Gasteiger partial charge on any atom is -0.497 e. The molecule has 3 rings (SSSR count). The molecule has 1 N–H and O–H groups in total. The molecule has 0 aliphatic heterocycles. The van der Waals surface area contributed by atoms with Crippen LogP contribution in [0.2, 0.25) is 0 Å². The van der Waals surface area contributed by atoms with Crippen molar-refractivity contribution in [2.45, 2.75) is 52.1 Å². The van der Waals surface area contributed by atoms with Gasteiger partial charge in [0.25, 0.3) is 10.0 Å². The van der Waals surface area contributed by atoms with Crippen LogP contribution in [0.1, 0.15) is 37.5 Å². The van der Waals surface area contributed by atoms with Crippen molar-refractivity contribution in [1.82, 2.24) is 10.2 Å². The minimum atomic E-state index is -4.09. The fraction of sp³-hybridized carbons (Fsp3) is 0.355. The fourth-order valence-corrected chi connectivity index (χ4v) is 5.52. The number of benzene rings is 3. The Kier molecular flexibility index (Phi) is 10.3. The number of nitrogens with one attached hydrogen (secondary N) is 1. The molecule has 0 heterocycles. The van der Waals surface area contributed by atoms with Crippen molar-refractivity contribution in [3.8, 4) is 5.75 Å². The van der Waals surface area contributed by atoms with Crippen LogP contribution in [-0.4, -0.2) is 51.4 Å². The van der Waals surface area contributed by atoms with Crippen LogP contribution in [0.3, 0.4) is 0 Å². The number of methoxy groups -OCH3 is 1. The van der Waals surface area contributed by atoms with Crippen LogP contribution in [0.15, 0.2) is 77.7 Å². The molecule has 8 nitrogen and oxygen atoms in total. The number of aryl methyl sites for hydroxylation is 2. The smallest absolute Gasteiger partial charge is 0.264 e. The summed E-state index contributed by atoms with van der Waals surface area (Å²) in [6, 6.07) is 19.7. The highest BCUT2D eigenvalue weighted by atomic mass is 32.2. The Balaban J connectivity index is 2.02. The van der Waals surface area contributed by atoms with E-state index in [1.165, 1.54) is 17.0 Å². The van der Waals surface area contributed by atoms with Crippen LogP contribution in [0.5, 0.6) is 5.75 Å². The zero-order valence-corrected chi connectivity index (χ0v) is 24.9. The molecule has 0 saturated heterocycles. The third-order valence-corrected chi connectivity index (χ3v) is 8.54. The largest absolute Gasteiger partial charge is 0.497 e. The zero-order valence-electron chi connectivity index (χ0n) is 24.0. The van der Waals surface area contributed by atoms with Gasteiger partial charge in [0.15, 0.2) is 0 Å². The molecule has 3 aromatic carbocycles. The van der Waals surface area contributed by atoms with Gasteiger partial charge in [-0.3, -0.25) is 13.9 Å². The number of hydrogen-bond donors (Lipinski definition) is 1. The van der Waals surface area contributed by atoms with Crippen LogP contribution < -0.4 is 14.4 Å². The third-order valence-electron chi connectivity index (χ3n) is 6.75. The second kappa shape index (κ2) is 13.5. The molecule has 0 spiro atoms. The van der Waals surface area contributed by atoms with Gasteiger partial charge in [0, 0.05) is 13.1 Å². The quantitative estimate of drug-likeness (QED) is 0.344. The molecule has 0 aliphatic carbocycles. The number of ether oxygens (including phenoxy) is 1. The van der Waals surface area contributed by atoms with E-state index in [9.17, 15) is 18.0 Å². The molecule has 0 saturated carbocycles. The lowest BCUT2D eigenvalue weighted by molar-refractivity contribution is -0.139. The van der Waals surface area contributed by atoms with Gasteiger partial charge >= 0.3 is 0 Å². The molecule has 214 valence electrons. The second-order valence-electron chi connectivity index (χ2n) is 10.3. The van der Waals surface area contributed by atoms with Crippen LogP contribution in [0.4, 0.5) is 5.69 Å². The standard InChI is InChI=1S/C31H39N3O5S/c1-22(2)19-32-31(36)25(5)33(20-26-13-16-28(39-6)17-14-26)30(35)21-34(27-15-12-23(3)24(4)18-27)40(37,38)29-10-8-7-9-11-29/h7-18,22,25H,19-21H2,1-6H3,(H,32,36)/t25-/m0/s1. The number of sulfonamides is 1. The molecule has 0 aromatic heterocycles. The topological polar surface area (TPSA) is 96.0 Å². The average molecular weight is 566 g/mol. The van der Waals surface area contributed by atoms with Gasteiger partial charge < -0.3 is 15.0 Å². The van der Waals surface area contributed by atoms with Crippen molar-refractivity contribution in [3.05, 3.63) is 89.5 Å². The first-order chi connectivity index (χ1) is 18.9. The maximum Gasteiger partial charge on any atom is 0.264 e. The minimum absolute atomic E-state index is 0.0745. The van der Waals surface area contributed by atoms with Gasteiger partial charge in [0.1, 0.15) is 18.3 Å². The first-order valence-electron chi connectivity index (χ1n) is 13.3. The zero-order chi connectivity index (χ0) is 29.4. The van der Waals surface area contributed by atoms with Crippen molar-refractivity contribution in [3.63, 3.8) is 0 Å². The predicted molar refractivity (Wildman–Crippen MR) is 158 cm³/mol. The summed E-state index contributed by atoms with van der Waals surface area (Å²) in [7, 11) is -2.52. The Morgan fingerprint density at radius 2 is 1.55 bits per heavy atom. The molecule has 1 atom stereocenters. The Morgan fingerprint density at radius 1 is 0.900 bits per heavy atom. The first kappa shape index (κ1) is 30.7. The summed E-state index contributed by atoms with van der Waals surface area (Å²) in [4.78, 5) is 28.6. The van der Waals surface area contributed by atoms with Crippen LogP contribution in [-0.2, 0) is 26.2 Å². The lowest BCUT2D eigenvalue weighted by Gasteiger charge is -2.32. The highest BCUT2D eigenvalue weighted by molar-refractivity contribution is 7.92. The highest BCUT2D eigenvalue weighted by Crippen LogP contribution is 2.26. The van der Waals surface area contributed by atoms with E-state index in [1.807, 2.05) is 45.9 Å². The lowest BCUT2D eigenvalue weighted by atomic mass is 10.1. The van der Waals surface area contributed by atoms with Gasteiger partial charge in [-0.2, -0.15) is 0 Å². The molecule has 0 fully saturated rings. The van der Waals surface area contributed by atoms with Gasteiger partial charge in [0.05, 0.1) is 17.7 Å². The summed E-state index contributed by atoms with van der Waals surface area (Å²) in [5.41, 5.74) is 3.06. The predicted octanol–water partition coefficient (Wildman–Crippen LogP) is 4.70. The maximum atomic E-state index is 14.0. The monoisotopic (exact) mass is 565 g/mol. The molecule has 0 aliphatic rings. The normalized spacial score (nSPS) is 12.1. The van der Waals surface area contributed by atoms with E-state index >= 15 is 0 Å². The number of hydrogen-bond acceptors (Lipinski definition) is 5. The van der Waals surface area contributed by atoms with Crippen molar-refractivity contribution in [2.24, 2.45) is 5.92 Å². The van der Waals surface area contributed by atoms with E-state index in [4.69, 9.17) is 4.74 Å². The van der Waals surface area contributed by atoms with Gasteiger partial charge in [0.2, 0.25) is 11.8 Å². The number of anilines is 1. The van der Waals surface area contributed by atoms with Gasteiger partial charge in [-0.15, -0.1) is 0 Å². The first-order valence-corrected chi connectivity index (χ1v) is 14.7. The Bertz CT molecular complexity index is 1410. The van der Waals surface area contributed by atoms with Crippen LogP contribution in [0, 0.1) is 19.8 Å². The number of carbonyl (C=O) groups is 2. The Morgan fingerprint density at radius 3 is 2.12 bits per heavy atom. The molecule has 40 heavy (non-hydrogen) atoms. The Hall–Kier alpha value is -3.85. The summed E-state index contributed by atoms with van der Waals surface area (Å²) in [6.45, 7) is 9.57. The van der Waals surface area contributed by atoms with Crippen molar-refractivity contribution in [2.75, 3.05) is 24.5 Å². The van der Waals surface area contributed by atoms with Gasteiger partial charge in [-0.1, -0.05) is 50.2 Å². The van der Waals surface area contributed by atoms with Crippen molar-refractivity contribution < 1.29 is 22.7 Å². The number of rotatable bonds is 12. The molecule has 9 heteroatoms. The van der Waals surface area contributed by atoms with Crippen molar-refractivity contribution >= 4 is 27.5 Å². The average Bonchev–Trinajstić information content (AvgIpc) is 2.95. The lowest BCUT2D eigenvalue weighted by Crippen LogP contribution is -2.51. The van der Waals surface area contributed by atoms with Crippen molar-refractivity contribution in [1.29, 1.82) is 0 Å². The van der Waals surface area contributed by atoms with E-state index in [2.05, 4.69) is 5.32 Å². The van der Waals surface area contributed by atoms with Gasteiger partial charge in [-0.05, 0) is 79.8 Å². The molecule has 0 bridgehead atoms. The SMILES string of the molecule is COc1ccc(CN(C(=O)CN(c2ccc(C)c(C)c2)S(=O)(=O)c2ccccc2)[C@@H](C)C(=O)NCC(C)C)cc1. The molecular weight excluding hydrogens is 526 g/mol. The molecule has 3 aromatic rings. The number of amides is 2.